The van der Waals surface area contributed by atoms with Crippen molar-refractivity contribution in [3.63, 3.8) is 0 Å². The molecule has 1 heterocycles. The highest BCUT2D eigenvalue weighted by Crippen LogP contribution is 2.44. The maximum absolute atomic E-state index is 14.1. The van der Waals surface area contributed by atoms with E-state index < -0.39 is 89.9 Å². The molecule has 5 rings (SSSR count). The summed E-state index contributed by atoms with van der Waals surface area (Å²) in [4.78, 5) is 68.4. The minimum absolute atomic E-state index is 0.0535. The van der Waals surface area contributed by atoms with Crippen LogP contribution < -0.4 is 10.6 Å². The zero-order chi connectivity index (χ0) is 55.4. The number of alkyl halides is 3. The second-order valence-electron chi connectivity index (χ2n) is 20.0. The Morgan fingerprint density at radius 3 is 1.84 bits per heavy atom. The smallest absolute Gasteiger partial charge is 0.407 e. The maximum Gasteiger partial charge on any atom is 0.407 e. The number of amides is 2. The van der Waals surface area contributed by atoms with Gasteiger partial charge in [0.05, 0.1) is 19.1 Å². The first-order valence-corrected chi connectivity index (χ1v) is 29.0. The van der Waals surface area contributed by atoms with Gasteiger partial charge in [-0.15, -0.1) is 0 Å². The summed E-state index contributed by atoms with van der Waals surface area (Å²) in [6.45, 7) is 4.59. The Balaban J connectivity index is 1.32. The summed E-state index contributed by atoms with van der Waals surface area (Å²) in [6, 6.07) is 21.6. The highest BCUT2D eigenvalue weighted by molar-refractivity contribution is 6.67. The molecule has 2 amide bonds. The maximum atomic E-state index is 14.1. The second-order valence-corrected chi connectivity index (χ2v) is 22.5. The third kappa shape index (κ3) is 22.2. The predicted octanol–water partition coefficient (Wildman–Crippen LogP) is 12.9. The summed E-state index contributed by atoms with van der Waals surface area (Å²) in [7, 11) is 0. The molecule has 7 atom stereocenters. The molecule has 1 aliphatic heterocycles. The molecular weight excluding hydrogens is 1050 g/mol. The minimum Gasteiger partial charge on any atom is -0.462 e. The fourth-order valence-corrected chi connectivity index (χ4v) is 9.89. The van der Waals surface area contributed by atoms with E-state index >= 15 is 0 Å². The fourth-order valence-electron chi connectivity index (χ4n) is 9.73. The number of carbonyl (C=O) groups is 5. The van der Waals surface area contributed by atoms with Crippen molar-refractivity contribution in [2.75, 3.05) is 19.8 Å². The Bertz CT molecular complexity index is 2200. The number of unbranched alkanes of at least 4 members (excludes halogenated alkanes) is 14. The van der Waals surface area contributed by atoms with Crippen molar-refractivity contribution < 1.29 is 62.2 Å². The van der Waals surface area contributed by atoms with Crippen molar-refractivity contribution in [3.05, 3.63) is 95.6 Å². The van der Waals surface area contributed by atoms with E-state index in [0.29, 0.717) is 24.8 Å². The van der Waals surface area contributed by atoms with Crippen LogP contribution >= 0.6 is 34.8 Å². The van der Waals surface area contributed by atoms with Crippen molar-refractivity contribution in [2.24, 2.45) is 0 Å². The lowest BCUT2D eigenvalue weighted by Gasteiger charge is -2.44. The molecule has 2 aliphatic rings. The molecule has 0 bridgehead atoms. The standard InChI is InChI=1S/C59H81Cl3N2O13/c1-4-7-9-11-13-14-16-17-22-30-42(75-50(65)35-23-18-15-12-10-8-5-2)36-51(66)77-54-52(64-58(70)74-40-59(60,61)62)56(76-49(6-3)53(54)67)72-39-48(55(68)71-37-41-28-20-19-21-29-41)63-57(69)73-38-47-45-33-26-24-31-43(45)44-32-25-27-34-46(44)47/h19-21,24-29,31-34,42,47-49,52-54,56,67H,4-18,22-23,30,35-40H2,1-3H3,(H,63,69)(H,64,70)/t42-,48-,49?,52?,53?,54?,56?/m1/s1. The van der Waals surface area contributed by atoms with E-state index in [-0.39, 0.29) is 38.4 Å². The van der Waals surface area contributed by atoms with Crippen LogP contribution in [0.2, 0.25) is 0 Å². The van der Waals surface area contributed by atoms with Gasteiger partial charge in [0.25, 0.3) is 0 Å². The van der Waals surface area contributed by atoms with E-state index in [9.17, 15) is 29.1 Å². The van der Waals surface area contributed by atoms with Crippen molar-refractivity contribution >= 4 is 64.9 Å². The van der Waals surface area contributed by atoms with Crippen molar-refractivity contribution in [1.29, 1.82) is 0 Å². The Morgan fingerprint density at radius 1 is 0.675 bits per heavy atom. The van der Waals surface area contributed by atoms with Crippen LogP contribution in [0.3, 0.4) is 0 Å². The molecule has 1 fully saturated rings. The van der Waals surface area contributed by atoms with E-state index in [4.69, 9.17) is 68.0 Å². The van der Waals surface area contributed by atoms with Gasteiger partial charge in [0.15, 0.2) is 18.4 Å². The third-order valence-electron chi connectivity index (χ3n) is 13.9. The lowest BCUT2D eigenvalue weighted by atomic mass is 9.95. The van der Waals surface area contributed by atoms with Crippen LogP contribution in [0.1, 0.15) is 172 Å². The number of aliphatic hydroxyl groups is 1. The Labute approximate surface area is 470 Å². The zero-order valence-electron chi connectivity index (χ0n) is 45.1. The normalized spacial score (nSPS) is 18.8. The summed E-state index contributed by atoms with van der Waals surface area (Å²) in [6.07, 6.45) is 8.76. The Kier molecular flexibility index (Phi) is 28.2. The molecule has 15 nitrogen and oxygen atoms in total. The number of alkyl carbamates (subject to hydrolysis) is 2. The molecule has 1 aliphatic carbocycles. The Morgan fingerprint density at radius 2 is 1.25 bits per heavy atom. The number of halogens is 3. The molecule has 0 aromatic heterocycles. The van der Waals surface area contributed by atoms with Gasteiger partial charge in [-0.1, -0.05) is 224 Å². The first kappa shape index (κ1) is 63.2. The van der Waals surface area contributed by atoms with E-state index in [0.717, 1.165) is 80.0 Å². The van der Waals surface area contributed by atoms with Gasteiger partial charge in [0.1, 0.15) is 38.1 Å². The topological polar surface area (TPSA) is 194 Å². The number of fused-ring (bicyclic) bond motifs is 3. The van der Waals surface area contributed by atoms with Crippen molar-refractivity contribution in [3.8, 4) is 11.1 Å². The molecule has 77 heavy (non-hydrogen) atoms. The number of carbonyl (C=O) groups excluding carboxylic acids is 5. The van der Waals surface area contributed by atoms with E-state index in [1.807, 2.05) is 54.6 Å². The molecule has 18 heteroatoms. The highest BCUT2D eigenvalue weighted by atomic mass is 35.6. The van der Waals surface area contributed by atoms with E-state index in [1.165, 1.54) is 32.1 Å². The van der Waals surface area contributed by atoms with Crippen LogP contribution in [-0.2, 0) is 54.1 Å². The van der Waals surface area contributed by atoms with Crippen LogP contribution in [0, 0.1) is 0 Å². The number of benzene rings is 3. The average molecular weight is 1130 g/mol. The van der Waals surface area contributed by atoms with Gasteiger partial charge in [-0.2, -0.15) is 0 Å². The lowest BCUT2D eigenvalue weighted by Crippen LogP contribution is -2.65. The molecule has 3 N–H and O–H groups in total. The lowest BCUT2D eigenvalue weighted by molar-refractivity contribution is -0.269. The monoisotopic (exact) mass is 1130 g/mol. The van der Waals surface area contributed by atoms with Gasteiger partial charge in [-0.25, -0.2) is 14.4 Å². The van der Waals surface area contributed by atoms with Gasteiger partial charge < -0.3 is 48.9 Å². The number of aliphatic hydroxyl groups excluding tert-OH is 1. The summed E-state index contributed by atoms with van der Waals surface area (Å²) in [5.41, 5.74) is 4.72. The fraction of sp³-hybridized carbons (Fsp3) is 0.610. The van der Waals surface area contributed by atoms with Crippen molar-refractivity contribution in [2.45, 2.75) is 208 Å². The van der Waals surface area contributed by atoms with E-state index in [1.54, 1.807) is 31.2 Å². The van der Waals surface area contributed by atoms with Gasteiger partial charge in [0.2, 0.25) is 3.79 Å². The molecule has 0 saturated carbocycles. The average Bonchev–Trinajstić information content (AvgIpc) is 3.75. The second kappa shape index (κ2) is 34.4. The molecule has 1 saturated heterocycles. The highest BCUT2D eigenvalue weighted by Gasteiger charge is 2.49. The Hall–Kier alpha value is -4.64. The summed E-state index contributed by atoms with van der Waals surface area (Å²) in [5, 5.41) is 16.9. The van der Waals surface area contributed by atoms with Crippen LogP contribution in [0.4, 0.5) is 9.59 Å². The minimum atomic E-state index is -2.00. The number of nitrogens with one attached hydrogen (secondary N) is 2. The van der Waals surface area contributed by atoms with Gasteiger partial charge in [-0.05, 0) is 53.5 Å². The number of ether oxygens (including phenoxy) is 7. The number of rotatable bonds is 34. The summed E-state index contributed by atoms with van der Waals surface area (Å²) >= 11 is 17.7. The van der Waals surface area contributed by atoms with Crippen LogP contribution in [0.15, 0.2) is 78.9 Å². The number of hydrogen-bond donors (Lipinski definition) is 3. The molecular formula is C59H81Cl3N2O13. The SMILES string of the molecule is CCCCCCCCCCC[C@H](CC(=O)OC1C(O)C(CC)OC(OC[C@@H](NC(=O)OCC2c3ccccc3-c3ccccc32)C(=O)OCc2ccccc2)C1NC(=O)OCC(Cl)(Cl)Cl)OC(=O)CCCCCCCCC. The van der Waals surface area contributed by atoms with Crippen LogP contribution in [0.5, 0.6) is 0 Å². The largest absolute Gasteiger partial charge is 0.462 e. The number of esters is 3. The predicted molar refractivity (Wildman–Crippen MR) is 297 cm³/mol. The molecule has 5 unspecified atom stereocenters. The third-order valence-corrected chi connectivity index (χ3v) is 14.2. The van der Waals surface area contributed by atoms with Gasteiger partial charge in [0, 0.05) is 12.3 Å². The van der Waals surface area contributed by atoms with Crippen molar-refractivity contribution in [1.82, 2.24) is 10.6 Å². The summed E-state index contributed by atoms with van der Waals surface area (Å²) < 4.78 is 39.1. The molecule has 3 aromatic carbocycles. The zero-order valence-corrected chi connectivity index (χ0v) is 47.3. The molecule has 426 valence electrons. The van der Waals surface area contributed by atoms with Crippen LogP contribution in [-0.4, -0.2) is 102 Å². The van der Waals surface area contributed by atoms with Gasteiger partial charge in [-0.3, -0.25) is 9.59 Å². The first-order chi connectivity index (χ1) is 37.2. The molecule has 0 radical (unpaired) electrons. The molecule has 0 spiro atoms. The van der Waals surface area contributed by atoms with Gasteiger partial charge >= 0.3 is 30.1 Å². The van der Waals surface area contributed by atoms with Crippen LogP contribution in [0.25, 0.3) is 11.1 Å². The number of hydrogen-bond acceptors (Lipinski definition) is 13. The van der Waals surface area contributed by atoms with E-state index in [2.05, 4.69) is 24.5 Å². The quantitative estimate of drug-likeness (QED) is 0.0221. The molecule has 3 aromatic rings. The summed E-state index contributed by atoms with van der Waals surface area (Å²) in [5.74, 6) is -2.40. The first-order valence-electron chi connectivity index (χ1n) is 27.9.